The SMILES string of the molecule is O=C(Nc1cccc(S(=O)(=O)NC2=NCCC2)c1)c1cncn1-c1ccc(F)cc1. The minimum atomic E-state index is -3.80. The molecule has 30 heavy (non-hydrogen) atoms. The number of rotatable bonds is 5. The lowest BCUT2D eigenvalue weighted by Crippen LogP contribution is -2.29. The third-order valence-corrected chi connectivity index (χ3v) is 5.88. The average Bonchev–Trinajstić information content (AvgIpc) is 3.40. The highest BCUT2D eigenvalue weighted by atomic mass is 32.2. The highest BCUT2D eigenvalue weighted by molar-refractivity contribution is 7.90. The van der Waals surface area contributed by atoms with E-state index in [1.54, 1.807) is 6.07 Å². The highest BCUT2D eigenvalue weighted by Gasteiger charge is 2.19. The van der Waals surface area contributed by atoms with Crippen molar-refractivity contribution in [3.8, 4) is 5.69 Å². The van der Waals surface area contributed by atoms with Gasteiger partial charge in [0.25, 0.3) is 15.9 Å². The summed E-state index contributed by atoms with van der Waals surface area (Å²) in [6, 6.07) is 11.6. The second kappa shape index (κ2) is 8.07. The Hall–Kier alpha value is -3.53. The number of nitrogens with one attached hydrogen (secondary N) is 2. The topological polar surface area (TPSA) is 105 Å². The van der Waals surface area contributed by atoms with Crippen LogP contribution >= 0.6 is 0 Å². The third kappa shape index (κ3) is 4.23. The van der Waals surface area contributed by atoms with Gasteiger partial charge >= 0.3 is 0 Å². The van der Waals surface area contributed by atoms with E-state index in [-0.39, 0.29) is 16.4 Å². The molecule has 10 heteroatoms. The van der Waals surface area contributed by atoms with Gasteiger partial charge in [-0.2, -0.15) is 0 Å². The number of hydrogen-bond acceptors (Lipinski definition) is 5. The van der Waals surface area contributed by atoms with Crippen LogP contribution in [0.4, 0.5) is 10.1 Å². The maximum atomic E-state index is 13.2. The van der Waals surface area contributed by atoms with Crippen molar-refractivity contribution in [1.29, 1.82) is 0 Å². The molecular formula is C20H18FN5O3S. The summed E-state index contributed by atoms with van der Waals surface area (Å²) in [5.41, 5.74) is 1.09. The molecule has 1 aliphatic rings. The Bertz CT molecular complexity index is 1220. The molecule has 2 N–H and O–H groups in total. The zero-order chi connectivity index (χ0) is 21.1. The molecule has 1 amide bonds. The molecule has 2 aromatic carbocycles. The van der Waals surface area contributed by atoms with Crippen LogP contribution in [0.1, 0.15) is 23.3 Å². The van der Waals surface area contributed by atoms with E-state index in [0.29, 0.717) is 30.2 Å². The summed E-state index contributed by atoms with van der Waals surface area (Å²) < 4.78 is 42.3. The van der Waals surface area contributed by atoms with Gasteiger partial charge in [-0.15, -0.1) is 0 Å². The number of halogens is 1. The fraction of sp³-hybridized carbons (Fsp3) is 0.150. The molecule has 0 radical (unpaired) electrons. The summed E-state index contributed by atoms with van der Waals surface area (Å²) in [5, 5.41) is 2.68. The number of carbonyl (C=O) groups is 1. The van der Waals surface area contributed by atoms with E-state index in [2.05, 4.69) is 20.0 Å². The van der Waals surface area contributed by atoms with Crippen molar-refractivity contribution in [2.45, 2.75) is 17.7 Å². The van der Waals surface area contributed by atoms with Gasteiger partial charge in [0.1, 0.15) is 17.3 Å². The molecule has 0 atom stereocenters. The molecular weight excluding hydrogens is 409 g/mol. The van der Waals surface area contributed by atoms with Crippen LogP contribution < -0.4 is 10.0 Å². The molecule has 0 bridgehead atoms. The number of aromatic nitrogens is 2. The van der Waals surface area contributed by atoms with E-state index < -0.39 is 15.9 Å². The van der Waals surface area contributed by atoms with Gasteiger partial charge in [0, 0.05) is 24.3 Å². The molecule has 3 aromatic rings. The maximum Gasteiger partial charge on any atom is 0.274 e. The lowest BCUT2D eigenvalue weighted by Gasteiger charge is -2.11. The minimum Gasteiger partial charge on any atom is -0.321 e. The summed E-state index contributed by atoms with van der Waals surface area (Å²) >= 11 is 0. The molecule has 2 heterocycles. The van der Waals surface area contributed by atoms with Crippen LogP contribution in [-0.2, 0) is 10.0 Å². The van der Waals surface area contributed by atoms with Crippen molar-refractivity contribution in [3.05, 3.63) is 72.6 Å². The number of nitrogens with zero attached hydrogens (tertiary/aromatic N) is 3. The molecule has 1 aliphatic heterocycles. The number of carbonyl (C=O) groups excluding carboxylic acids is 1. The normalized spacial score (nSPS) is 13.7. The molecule has 8 nitrogen and oxygen atoms in total. The molecule has 0 unspecified atom stereocenters. The lowest BCUT2D eigenvalue weighted by molar-refractivity contribution is 0.102. The third-order valence-electron chi connectivity index (χ3n) is 4.50. The largest absolute Gasteiger partial charge is 0.321 e. The second-order valence-electron chi connectivity index (χ2n) is 6.64. The summed E-state index contributed by atoms with van der Waals surface area (Å²) in [6.07, 6.45) is 4.22. The molecule has 154 valence electrons. The standard InChI is InChI=1S/C20H18FN5O3S/c21-14-6-8-16(9-7-14)26-13-22-12-18(26)20(27)24-15-3-1-4-17(11-15)30(28,29)25-19-5-2-10-23-19/h1,3-4,6-9,11-13H,2,5,10H2,(H,23,25)(H,24,27). The lowest BCUT2D eigenvalue weighted by atomic mass is 10.3. The summed E-state index contributed by atoms with van der Waals surface area (Å²) in [7, 11) is -3.80. The van der Waals surface area contributed by atoms with Crippen molar-refractivity contribution in [1.82, 2.24) is 14.3 Å². The zero-order valence-electron chi connectivity index (χ0n) is 15.7. The van der Waals surface area contributed by atoms with E-state index in [1.807, 2.05) is 0 Å². The number of hydrogen-bond donors (Lipinski definition) is 2. The molecule has 0 aliphatic carbocycles. The van der Waals surface area contributed by atoms with Crippen molar-refractivity contribution >= 4 is 27.5 Å². The molecule has 0 spiro atoms. The van der Waals surface area contributed by atoms with Crippen LogP contribution in [0.25, 0.3) is 5.69 Å². The Morgan fingerprint density at radius 3 is 2.67 bits per heavy atom. The number of amides is 1. The summed E-state index contributed by atoms with van der Waals surface area (Å²) in [4.78, 5) is 20.9. The minimum absolute atomic E-state index is 0.0157. The molecule has 4 rings (SSSR count). The van der Waals surface area contributed by atoms with Crippen LogP contribution in [0.15, 0.2) is 70.9 Å². The highest BCUT2D eigenvalue weighted by Crippen LogP contribution is 2.18. The monoisotopic (exact) mass is 427 g/mol. The fourth-order valence-corrected chi connectivity index (χ4v) is 4.18. The first-order valence-electron chi connectivity index (χ1n) is 9.18. The van der Waals surface area contributed by atoms with E-state index in [9.17, 15) is 17.6 Å². The number of anilines is 1. The smallest absolute Gasteiger partial charge is 0.274 e. The van der Waals surface area contributed by atoms with Gasteiger partial charge in [0.2, 0.25) is 0 Å². The first-order valence-corrected chi connectivity index (χ1v) is 10.7. The Kier molecular flexibility index (Phi) is 5.32. The van der Waals surface area contributed by atoms with Crippen LogP contribution in [-0.4, -0.2) is 36.3 Å². The van der Waals surface area contributed by atoms with Gasteiger partial charge in [-0.05, 0) is 48.9 Å². The van der Waals surface area contributed by atoms with Gasteiger partial charge in [-0.1, -0.05) is 6.07 Å². The van der Waals surface area contributed by atoms with Gasteiger partial charge in [-0.3, -0.25) is 19.1 Å². The van der Waals surface area contributed by atoms with Gasteiger partial charge < -0.3 is 5.32 Å². The Morgan fingerprint density at radius 2 is 1.93 bits per heavy atom. The van der Waals surface area contributed by atoms with Crippen molar-refractivity contribution in [2.75, 3.05) is 11.9 Å². The molecule has 0 fully saturated rings. The van der Waals surface area contributed by atoms with Crippen LogP contribution in [0, 0.1) is 5.82 Å². The molecule has 1 aromatic heterocycles. The first kappa shape index (κ1) is 19.8. The first-order chi connectivity index (χ1) is 14.4. The molecule has 0 saturated heterocycles. The second-order valence-corrected chi connectivity index (χ2v) is 8.33. The summed E-state index contributed by atoms with van der Waals surface area (Å²) in [5.74, 6) is -0.438. The number of benzene rings is 2. The fourth-order valence-electron chi connectivity index (χ4n) is 3.04. The van der Waals surface area contributed by atoms with Gasteiger partial charge in [0.15, 0.2) is 0 Å². The van der Waals surface area contributed by atoms with Crippen molar-refractivity contribution in [2.24, 2.45) is 4.99 Å². The quantitative estimate of drug-likeness (QED) is 0.653. The number of sulfonamides is 1. The summed E-state index contributed by atoms with van der Waals surface area (Å²) in [6.45, 7) is 0.607. The van der Waals surface area contributed by atoms with Gasteiger partial charge in [-0.25, -0.2) is 17.8 Å². The van der Waals surface area contributed by atoms with Crippen molar-refractivity contribution in [3.63, 3.8) is 0 Å². The van der Waals surface area contributed by atoms with E-state index in [1.165, 1.54) is 59.6 Å². The Labute approximate surface area is 172 Å². The molecule has 0 saturated carbocycles. The number of aliphatic imine (C=N–C) groups is 1. The zero-order valence-corrected chi connectivity index (χ0v) is 16.6. The van der Waals surface area contributed by atoms with E-state index in [0.717, 1.165) is 6.42 Å². The predicted octanol–water partition coefficient (Wildman–Crippen LogP) is 2.73. The van der Waals surface area contributed by atoms with Gasteiger partial charge in [0.05, 0.1) is 17.4 Å². The van der Waals surface area contributed by atoms with Crippen LogP contribution in [0.2, 0.25) is 0 Å². The van der Waals surface area contributed by atoms with E-state index in [4.69, 9.17) is 0 Å². The van der Waals surface area contributed by atoms with Crippen LogP contribution in [0.5, 0.6) is 0 Å². The van der Waals surface area contributed by atoms with Crippen LogP contribution in [0.3, 0.4) is 0 Å². The number of amidine groups is 1. The Morgan fingerprint density at radius 1 is 1.13 bits per heavy atom. The number of imidazole rings is 1. The van der Waals surface area contributed by atoms with E-state index >= 15 is 0 Å². The maximum absolute atomic E-state index is 13.2. The Balaban J connectivity index is 1.54. The van der Waals surface area contributed by atoms with Crippen molar-refractivity contribution < 1.29 is 17.6 Å². The predicted molar refractivity (Wildman–Crippen MR) is 110 cm³/mol. The average molecular weight is 427 g/mol.